The van der Waals surface area contributed by atoms with E-state index >= 15 is 0 Å². The average molecular weight is 366 g/mol. The van der Waals surface area contributed by atoms with Crippen LogP contribution in [0.15, 0.2) is 47.0 Å². The van der Waals surface area contributed by atoms with Crippen LogP contribution < -0.4 is 10.3 Å². The van der Waals surface area contributed by atoms with Gasteiger partial charge in [-0.3, -0.25) is 9.78 Å². The van der Waals surface area contributed by atoms with Gasteiger partial charge in [0.25, 0.3) is 5.56 Å². The molecule has 7 heteroatoms. The standard InChI is InChI=1S/C19H18N4O2S/c1-12-10-20-15(13(2)18(12)25-3)11-22-6-7-23-16(19(22)24)9-14(21-23)17-5-4-8-26-17/h4-10H,11H2,1-3H3. The monoisotopic (exact) mass is 366 g/mol. The van der Waals surface area contributed by atoms with E-state index in [-0.39, 0.29) is 5.56 Å². The van der Waals surface area contributed by atoms with E-state index in [0.29, 0.717) is 12.1 Å². The molecule has 0 spiro atoms. The van der Waals surface area contributed by atoms with Crippen molar-refractivity contribution >= 4 is 16.9 Å². The molecule has 0 bridgehead atoms. The summed E-state index contributed by atoms with van der Waals surface area (Å²) in [6.07, 6.45) is 5.32. The molecule has 4 heterocycles. The van der Waals surface area contributed by atoms with Gasteiger partial charge in [-0.25, -0.2) is 4.52 Å². The number of hydrogen-bond acceptors (Lipinski definition) is 5. The SMILES string of the molecule is COc1c(C)cnc(Cn2ccn3nc(-c4cccs4)cc3c2=O)c1C. The van der Waals surface area contributed by atoms with Crippen LogP contribution in [-0.2, 0) is 6.54 Å². The third-order valence-corrected chi connectivity index (χ3v) is 5.34. The molecule has 0 aliphatic rings. The third-order valence-electron chi connectivity index (χ3n) is 4.45. The van der Waals surface area contributed by atoms with Gasteiger partial charge < -0.3 is 9.30 Å². The second-order valence-electron chi connectivity index (χ2n) is 6.11. The third kappa shape index (κ3) is 2.70. The van der Waals surface area contributed by atoms with Gasteiger partial charge in [0.15, 0.2) is 0 Å². The van der Waals surface area contributed by atoms with Gasteiger partial charge in [0.05, 0.1) is 24.2 Å². The summed E-state index contributed by atoms with van der Waals surface area (Å²) in [4.78, 5) is 18.4. The lowest BCUT2D eigenvalue weighted by Crippen LogP contribution is -2.22. The molecule has 0 aliphatic heterocycles. The summed E-state index contributed by atoms with van der Waals surface area (Å²) in [6, 6.07) is 5.80. The van der Waals surface area contributed by atoms with Crippen molar-refractivity contribution in [3.8, 4) is 16.3 Å². The Morgan fingerprint density at radius 1 is 1.27 bits per heavy atom. The molecule has 4 aromatic heterocycles. The Kier molecular flexibility index (Phi) is 4.08. The van der Waals surface area contributed by atoms with E-state index in [1.807, 2.05) is 37.4 Å². The lowest BCUT2D eigenvalue weighted by atomic mass is 10.1. The first-order chi connectivity index (χ1) is 12.6. The van der Waals surface area contributed by atoms with E-state index in [2.05, 4.69) is 10.1 Å². The molecule has 4 rings (SSSR count). The molecule has 0 fully saturated rings. The molecular weight excluding hydrogens is 348 g/mol. The van der Waals surface area contributed by atoms with Crippen LogP contribution in [0.2, 0.25) is 0 Å². The number of nitrogens with zero attached hydrogens (tertiary/aromatic N) is 4. The molecule has 0 amide bonds. The Bertz CT molecular complexity index is 1140. The van der Waals surface area contributed by atoms with Crippen molar-refractivity contribution in [2.75, 3.05) is 7.11 Å². The van der Waals surface area contributed by atoms with Crippen LogP contribution >= 0.6 is 11.3 Å². The highest BCUT2D eigenvalue weighted by molar-refractivity contribution is 7.13. The van der Waals surface area contributed by atoms with Crippen molar-refractivity contribution in [2.45, 2.75) is 20.4 Å². The van der Waals surface area contributed by atoms with E-state index in [1.165, 1.54) is 0 Å². The number of aryl methyl sites for hydroxylation is 1. The fourth-order valence-electron chi connectivity index (χ4n) is 3.09. The van der Waals surface area contributed by atoms with Gasteiger partial charge in [0.2, 0.25) is 0 Å². The smallest absolute Gasteiger partial charge is 0.276 e. The second kappa shape index (κ2) is 6.42. The minimum Gasteiger partial charge on any atom is -0.496 e. The topological polar surface area (TPSA) is 61.4 Å². The first-order valence-electron chi connectivity index (χ1n) is 8.20. The van der Waals surface area contributed by atoms with Crippen LogP contribution in [0.3, 0.4) is 0 Å². The predicted octanol–water partition coefficient (Wildman–Crippen LogP) is 3.29. The molecule has 0 N–H and O–H groups in total. The maximum atomic E-state index is 12.9. The second-order valence-corrected chi connectivity index (χ2v) is 7.06. The molecule has 26 heavy (non-hydrogen) atoms. The average Bonchev–Trinajstić information content (AvgIpc) is 3.29. The van der Waals surface area contributed by atoms with Crippen molar-refractivity contribution in [1.82, 2.24) is 19.2 Å². The molecule has 0 aromatic carbocycles. The first kappa shape index (κ1) is 16.5. The molecule has 6 nitrogen and oxygen atoms in total. The first-order valence-corrected chi connectivity index (χ1v) is 9.08. The van der Waals surface area contributed by atoms with Crippen LogP contribution in [-0.4, -0.2) is 26.3 Å². The number of fused-ring (bicyclic) bond motifs is 1. The maximum Gasteiger partial charge on any atom is 0.276 e. The Hall–Kier alpha value is -2.93. The summed E-state index contributed by atoms with van der Waals surface area (Å²) in [5, 5.41) is 6.50. The molecule has 0 saturated carbocycles. The van der Waals surface area contributed by atoms with Crippen LogP contribution in [0, 0.1) is 13.8 Å². The summed E-state index contributed by atoms with van der Waals surface area (Å²) < 4.78 is 8.74. The van der Waals surface area contributed by atoms with Gasteiger partial charge >= 0.3 is 0 Å². The van der Waals surface area contributed by atoms with E-state index in [0.717, 1.165) is 33.1 Å². The van der Waals surface area contributed by atoms with Crippen LogP contribution in [0.25, 0.3) is 16.1 Å². The van der Waals surface area contributed by atoms with E-state index in [9.17, 15) is 4.79 Å². The van der Waals surface area contributed by atoms with Crippen molar-refractivity contribution in [3.05, 3.63) is 69.3 Å². The van der Waals surface area contributed by atoms with Crippen LogP contribution in [0.1, 0.15) is 16.8 Å². The quantitative estimate of drug-likeness (QED) is 0.556. The fourth-order valence-corrected chi connectivity index (χ4v) is 3.77. The van der Waals surface area contributed by atoms with E-state index in [4.69, 9.17) is 4.74 Å². The largest absolute Gasteiger partial charge is 0.496 e. The number of thiophene rings is 1. The zero-order chi connectivity index (χ0) is 18.3. The predicted molar refractivity (Wildman–Crippen MR) is 102 cm³/mol. The van der Waals surface area contributed by atoms with Crippen molar-refractivity contribution in [2.24, 2.45) is 0 Å². The Balaban J connectivity index is 1.76. The normalized spacial score (nSPS) is 11.2. The lowest BCUT2D eigenvalue weighted by Gasteiger charge is -2.13. The summed E-state index contributed by atoms with van der Waals surface area (Å²) in [5.74, 6) is 0.813. The minimum absolute atomic E-state index is 0.0939. The molecule has 0 unspecified atom stereocenters. The summed E-state index contributed by atoms with van der Waals surface area (Å²) in [6.45, 7) is 4.31. The van der Waals surface area contributed by atoms with E-state index in [1.54, 1.807) is 46.1 Å². The lowest BCUT2D eigenvalue weighted by molar-refractivity contribution is 0.406. The maximum absolute atomic E-state index is 12.9. The number of methoxy groups -OCH3 is 1. The van der Waals surface area contributed by atoms with Gasteiger partial charge in [0, 0.05) is 29.7 Å². The Morgan fingerprint density at radius 2 is 2.12 bits per heavy atom. The number of pyridine rings is 1. The van der Waals surface area contributed by atoms with Crippen LogP contribution in [0.4, 0.5) is 0 Å². The van der Waals surface area contributed by atoms with Crippen molar-refractivity contribution in [1.29, 1.82) is 0 Å². The van der Waals surface area contributed by atoms with Gasteiger partial charge in [-0.15, -0.1) is 11.3 Å². The Labute approximate surface area is 154 Å². The number of ether oxygens (including phenoxy) is 1. The molecule has 132 valence electrons. The highest BCUT2D eigenvalue weighted by Crippen LogP contribution is 2.25. The highest BCUT2D eigenvalue weighted by Gasteiger charge is 2.13. The molecule has 0 atom stereocenters. The zero-order valence-electron chi connectivity index (χ0n) is 14.8. The number of rotatable bonds is 4. The Morgan fingerprint density at radius 3 is 2.85 bits per heavy atom. The van der Waals surface area contributed by atoms with Gasteiger partial charge in [-0.05, 0) is 31.4 Å². The molecule has 4 aromatic rings. The number of aromatic nitrogens is 4. The van der Waals surface area contributed by atoms with Crippen molar-refractivity contribution in [3.63, 3.8) is 0 Å². The molecule has 0 aliphatic carbocycles. The molecular formula is C19H18N4O2S. The summed E-state index contributed by atoms with van der Waals surface area (Å²) >= 11 is 1.60. The van der Waals surface area contributed by atoms with Crippen molar-refractivity contribution < 1.29 is 4.74 Å². The summed E-state index contributed by atoms with van der Waals surface area (Å²) in [5.41, 5.74) is 4.01. The molecule has 0 saturated heterocycles. The van der Waals surface area contributed by atoms with E-state index < -0.39 is 0 Å². The minimum atomic E-state index is -0.0939. The zero-order valence-corrected chi connectivity index (χ0v) is 15.6. The van der Waals surface area contributed by atoms with Gasteiger partial charge in [0.1, 0.15) is 17.0 Å². The van der Waals surface area contributed by atoms with Crippen LogP contribution in [0.5, 0.6) is 5.75 Å². The molecule has 0 radical (unpaired) electrons. The highest BCUT2D eigenvalue weighted by atomic mass is 32.1. The number of hydrogen-bond donors (Lipinski definition) is 0. The van der Waals surface area contributed by atoms with Gasteiger partial charge in [-0.2, -0.15) is 5.10 Å². The fraction of sp³-hybridized carbons (Fsp3) is 0.211. The summed E-state index contributed by atoms with van der Waals surface area (Å²) in [7, 11) is 1.65. The van der Waals surface area contributed by atoms with Gasteiger partial charge in [-0.1, -0.05) is 6.07 Å².